The third-order valence-electron chi connectivity index (χ3n) is 8.88. The Balaban J connectivity index is 3.38. The molecule has 64 heavy (non-hydrogen) atoms. The lowest BCUT2D eigenvalue weighted by Crippen LogP contribution is -2.42. The molecule has 0 fully saturated rings. The van der Waals surface area contributed by atoms with Crippen LogP contribution in [-0.2, 0) is 61.6 Å². The predicted octanol–water partition coefficient (Wildman–Crippen LogP) is -0.187. The van der Waals surface area contributed by atoms with Gasteiger partial charge < -0.3 is 92.8 Å². The summed E-state index contributed by atoms with van der Waals surface area (Å²) in [5.41, 5.74) is 0. The van der Waals surface area contributed by atoms with Crippen molar-refractivity contribution in [3.05, 3.63) is 0 Å². The van der Waals surface area contributed by atoms with Gasteiger partial charge >= 0.3 is 6.03 Å². The lowest BCUT2D eigenvalue weighted by molar-refractivity contribution is -0.118. The van der Waals surface area contributed by atoms with Crippen LogP contribution in [0, 0.1) is 0 Å². The van der Waals surface area contributed by atoms with Crippen LogP contribution in [0.3, 0.4) is 0 Å². The summed E-state index contributed by atoms with van der Waals surface area (Å²) in [5, 5.41) is 42.7. The highest BCUT2D eigenvalue weighted by molar-refractivity contribution is 5.75. The van der Waals surface area contributed by atoms with Gasteiger partial charge in [-0.15, -0.1) is 0 Å². The molecule has 382 valence electrons. The molecule has 2 amide bonds. The first-order chi connectivity index (χ1) is 31.4. The number of carbonyl (C=O) groups is 2. The Kier molecular flexibility index (Phi) is 50.8. The smallest absolute Gasteiger partial charge is 0.314 e. The van der Waals surface area contributed by atoms with Gasteiger partial charge in [-0.3, -0.25) is 4.79 Å². The monoisotopic (exact) mass is 934 g/mol. The third-order valence-corrected chi connectivity index (χ3v) is 8.88. The number of aliphatic hydroxyl groups excluding tert-OH is 4. The molecule has 0 radical (unpaired) electrons. The second-order valence-electron chi connectivity index (χ2n) is 14.5. The summed E-state index contributed by atoms with van der Waals surface area (Å²) >= 11 is 0. The summed E-state index contributed by atoms with van der Waals surface area (Å²) in [6.07, 6.45) is 3.44. The number of hydrogen-bond acceptors (Lipinski definition) is 19. The van der Waals surface area contributed by atoms with Crippen LogP contribution in [0.5, 0.6) is 0 Å². The zero-order chi connectivity index (χ0) is 46.7. The molecule has 0 saturated carbocycles. The first-order valence-electron chi connectivity index (χ1n) is 23.1. The minimum absolute atomic E-state index is 0.118. The minimum Gasteiger partial charge on any atom is -0.394 e. The topological polar surface area (TPSA) is 253 Å². The standard InChI is InChI=1S/C43H87N3O18/c1-40(49)8-14-53-16-18-55-20-22-57-24-26-59-28-30-61-32-34-63-36-37-64-35-33-62-31-29-60-27-25-58-23-21-56-19-17-54-15-10-45-43(52)44-9-13-46(11-4-2-6-41(50)38-47)12-5-3-7-42(51)39-48/h41-42,47-48,50-51H,2-39H2,1H3,(H2,44,45,52). The number of carbonyl (C=O) groups excluding carboxylic acids is 2. The number of aliphatic hydroxyl groups is 4. The Morgan fingerprint density at radius 3 is 0.984 bits per heavy atom. The van der Waals surface area contributed by atoms with Crippen molar-refractivity contribution < 1.29 is 86.9 Å². The van der Waals surface area contributed by atoms with Gasteiger partial charge in [-0.1, -0.05) is 0 Å². The van der Waals surface area contributed by atoms with Gasteiger partial charge in [-0.2, -0.15) is 0 Å². The fourth-order valence-corrected chi connectivity index (χ4v) is 5.31. The number of rotatable bonds is 54. The maximum atomic E-state index is 12.2. The maximum Gasteiger partial charge on any atom is 0.314 e. The zero-order valence-corrected chi connectivity index (χ0v) is 39.0. The highest BCUT2D eigenvalue weighted by Gasteiger charge is 2.09. The summed E-state index contributed by atoms with van der Waals surface area (Å²) in [6.45, 7) is 15.2. The van der Waals surface area contributed by atoms with E-state index in [2.05, 4.69) is 15.5 Å². The molecule has 21 heteroatoms. The first kappa shape index (κ1) is 62.3. The number of amides is 2. The number of nitrogens with zero attached hydrogens (tertiary/aromatic N) is 1. The summed E-state index contributed by atoms with van der Waals surface area (Å²) in [7, 11) is 0. The van der Waals surface area contributed by atoms with E-state index in [1.165, 1.54) is 0 Å². The molecule has 0 rings (SSSR count). The molecule has 0 aliphatic rings. The van der Waals surface area contributed by atoms with E-state index in [4.69, 9.17) is 67.1 Å². The van der Waals surface area contributed by atoms with E-state index in [9.17, 15) is 19.8 Å². The fourth-order valence-electron chi connectivity index (χ4n) is 5.31. The Hall–Kier alpha value is -1.74. The molecule has 0 aliphatic heterocycles. The molecule has 0 heterocycles. The van der Waals surface area contributed by atoms with E-state index in [0.717, 1.165) is 38.8 Å². The van der Waals surface area contributed by atoms with Gasteiger partial charge in [-0.25, -0.2) is 4.79 Å². The highest BCUT2D eigenvalue weighted by atomic mass is 16.6. The van der Waals surface area contributed by atoms with Crippen molar-refractivity contribution in [1.29, 1.82) is 0 Å². The molecule has 0 aromatic carbocycles. The number of ether oxygens (including phenoxy) is 12. The van der Waals surface area contributed by atoms with Crippen LogP contribution >= 0.6 is 0 Å². The van der Waals surface area contributed by atoms with E-state index in [-0.39, 0.29) is 25.0 Å². The van der Waals surface area contributed by atoms with E-state index in [1.54, 1.807) is 6.92 Å². The van der Waals surface area contributed by atoms with Crippen molar-refractivity contribution in [2.45, 2.75) is 64.1 Å². The van der Waals surface area contributed by atoms with Crippen LogP contribution in [0.1, 0.15) is 51.9 Å². The number of unbranched alkanes of at least 4 members (excludes halogenated alkanes) is 2. The summed E-state index contributed by atoms with van der Waals surface area (Å²) in [6, 6.07) is -0.270. The SMILES string of the molecule is CC(=O)CCOCCOCCOCCOCCOCCOCCOCCOCCOCCOCCOCCOCCNC(=O)NCCN(CCCCC(O)CO)CCCCC(O)CO. The Morgan fingerprint density at radius 2 is 0.688 bits per heavy atom. The van der Waals surface area contributed by atoms with E-state index >= 15 is 0 Å². The molecule has 0 saturated heterocycles. The van der Waals surface area contributed by atoms with Crippen molar-refractivity contribution in [2.75, 3.05) is 205 Å². The number of nitrogens with one attached hydrogen (secondary N) is 2. The molecule has 0 aliphatic carbocycles. The number of Topliss-reactive ketones (excluding diaryl/α,β-unsaturated/α-hetero) is 1. The quantitative estimate of drug-likeness (QED) is 0.0433. The molecular formula is C43H87N3O18. The van der Waals surface area contributed by atoms with Crippen LogP contribution in [0.2, 0.25) is 0 Å². The Bertz CT molecular complexity index is 949. The van der Waals surface area contributed by atoms with Gasteiger partial charge in [0.25, 0.3) is 0 Å². The van der Waals surface area contributed by atoms with Crippen LogP contribution in [0.4, 0.5) is 4.79 Å². The van der Waals surface area contributed by atoms with Crippen molar-refractivity contribution in [2.24, 2.45) is 0 Å². The van der Waals surface area contributed by atoms with Crippen molar-refractivity contribution in [3.63, 3.8) is 0 Å². The van der Waals surface area contributed by atoms with Gasteiger partial charge in [-0.05, 0) is 58.5 Å². The normalized spacial score (nSPS) is 12.6. The molecule has 2 unspecified atom stereocenters. The molecule has 0 aromatic heterocycles. The lowest BCUT2D eigenvalue weighted by atomic mass is 10.1. The Morgan fingerprint density at radius 1 is 0.406 bits per heavy atom. The number of hydrogen-bond donors (Lipinski definition) is 6. The average molecular weight is 934 g/mol. The van der Waals surface area contributed by atoms with Crippen LogP contribution in [-0.4, -0.2) is 254 Å². The highest BCUT2D eigenvalue weighted by Crippen LogP contribution is 2.06. The number of urea groups is 1. The van der Waals surface area contributed by atoms with Gasteiger partial charge in [0.15, 0.2) is 0 Å². The fraction of sp³-hybridized carbons (Fsp3) is 0.953. The third kappa shape index (κ3) is 51.2. The van der Waals surface area contributed by atoms with Crippen LogP contribution < -0.4 is 10.6 Å². The molecule has 0 bridgehead atoms. The van der Waals surface area contributed by atoms with Gasteiger partial charge in [0.1, 0.15) is 5.78 Å². The lowest BCUT2D eigenvalue weighted by Gasteiger charge is -2.23. The molecule has 0 aromatic rings. The van der Waals surface area contributed by atoms with Crippen molar-refractivity contribution in [3.8, 4) is 0 Å². The maximum absolute atomic E-state index is 12.2. The van der Waals surface area contributed by atoms with Crippen LogP contribution in [0.15, 0.2) is 0 Å². The van der Waals surface area contributed by atoms with E-state index < -0.39 is 12.2 Å². The largest absolute Gasteiger partial charge is 0.394 e. The zero-order valence-electron chi connectivity index (χ0n) is 39.0. The van der Waals surface area contributed by atoms with Crippen LogP contribution in [0.25, 0.3) is 0 Å². The molecule has 6 N–H and O–H groups in total. The molecule has 2 atom stereocenters. The van der Waals surface area contributed by atoms with E-state index in [1.807, 2.05) is 0 Å². The summed E-state index contributed by atoms with van der Waals surface area (Å²) in [4.78, 5) is 25.2. The number of ketones is 1. The summed E-state index contributed by atoms with van der Waals surface area (Å²) in [5.74, 6) is 0.118. The van der Waals surface area contributed by atoms with Gasteiger partial charge in [0, 0.05) is 26.1 Å². The average Bonchev–Trinajstić information content (AvgIpc) is 3.29. The molecule has 0 spiro atoms. The van der Waals surface area contributed by atoms with Crippen molar-refractivity contribution in [1.82, 2.24) is 15.5 Å². The van der Waals surface area contributed by atoms with E-state index in [0.29, 0.717) is 197 Å². The molecule has 21 nitrogen and oxygen atoms in total. The second-order valence-corrected chi connectivity index (χ2v) is 14.5. The minimum atomic E-state index is -0.693. The first-order valence-corrected chi connectivity index (χ1v) is 23.1. The summed E-state index contributed by atoms with van der Waals surface area (Å²) < 4.78 is 65.5. The Labute approximate surface area is 382 Å². The van der Waals surface area contributed by atoms with Gasteiger partial charge in [0.05, 0.1) is 184 Å². The second kappa shape index (κ2) is 52.2. The van der Waals surface area contributed by atoms with Crippen molar-refractivity contribution >= 4 is 11.8 Å². The van der Waals surface area contributed by atoms with Gasteiger partial charge in [0.2, 0.25) is 0 Å². The predicted molar refractivity (Wildman–Crippen MR) is 237 cm³/mol. The molecular weight excluding hydrogens is 846 g/mol.